The van der Waals surface area contributed by atoms with Gasteiger partial charge in [0.25, 0.3) is 0 Å². The normalized spacial score (nSPS) is 22.1. The SMILES string of the molecule is CC1(C)CCCC1C(=O)Cc1ccc(F)c(F)c1. The number of rotatable bonds is 3. The molecule has 1 aromatic rings. The van der Waals surface area contributed by atoms with E-state index in [9.17, 15) is 13.6 Å². The fraction of sp³-hybridized carbons (Fsp3) is 0.533. The van der Waals surface area contributed by atoms with Gasteiger partial charge in [0.1, 0.15) is 5.78 Å². The van der Waals surface area contributed by atoms with Crippen molar-refractivity contribution in [2.45, 2.75) is 39.5 Å². The van der Waals surface area contributed by atoms with E-state index in [0.29, 0.717) is 5.56 Å². The van der Waals surface area contributed by atoms with Crippen LogP contribution in [0.2, 0.25) is 0 Å². The lowest BCUT2D eigenvalue weighted by atomic mass is 9.78. The Bertz CT molecular complexity index is 466. The first-order chi connectivity index (χ1) is 8.40. The Morgan fingerprint density at radius 3 is 2.61 bits per heavy atom. The van der Waals surface area contributed by atoms with Gasteiger partial charge in [-0.3, -0.25) is 4.79 Å². The minimum absolute atomic E-state index is 0.0374. The molecule has 3 heteroatoms. The van der Waals surface area contributed by atoms with Gasteiger partial charge >= 0.3 is 0 Å². The number of carbonyl (C=O) groups is 1. The molecule has 1 fully saturated rings. The number of ketones is 1. The average molecular weight is 252 g/mol. The van der Waals surface area contributed by atoms with Crippen LogP contribution in [0.4, 0.5) is 8.78 Å². The van der Waals surface area contributed by atoms with Crippen molar-refractivity contribution in [3.63, 3.8) is 0 Å². The van der Waals surface area contributed by atoms with Gasteiger partial charge in [0.15, 0.2) is 11.6 Å². The van der Waals surface area contributed by atoms with E-state index in [0.717, 1.165) is 31.4 Å². The van der Waals surface area contributed by atoms with Crippen LogP contribution in [0.15, 0.2) is 18.2 Å². The third kappa shape index (κ3) is 2.60. The molecule has 0 amide bonds. The molecule has 0 radical (unpaired) electrons. The highest BCUT2D eigenvalue weighted by Gasteiger charge is 2.38. The Hall–Kier alpha value is -1.25. The Morgan fingerprint density at radius 1 is 1.33 bits per heavy atom. The molecule has 0 aliphatic heterocycles. The van der Waals surface area contributed by atoms with Crippen molar-refractivity contribution in [2.75, 3.05) is 0 Å². The molecule has 0 saturated heterocycles. The lowest BCUT2D eigenvalue weighted by Crippen LogP contribution is -2.27. The second-order valence-corrected chi connectivity index (χ2v) is 5.82. The van der Waals surface area contributed by atoms with Crippen LogP contribution in [0, 0.1) is 23.0 Å². The summed E-state index contributed by atoms with van der Waals surface area (Å²) in [5, 5.41) is 0. The molecule has 1 saturated carbocycles. The van der Waals surface area contributed by atoms with Crippen molar-refractivity contribution in [1.29, 1.82) is 0 Å². The van der Waals surface area contributed by atoms with E-state index in [1.54, 1.807) is 0 Å². The quantitative estimate of drug-likeness (QED) is 0.797. The van der Waals surface area contributed by atoms with E-state index in [4.69, 9.17) is 0 Å². The second kappa shape index (κ2) is 4.79. The van der Waals surface area contributed by atoms with Crippen LogP contribution in [-0.4, -0.2) is 5.78 Å². The minimum atomic E-state index is -0.883. The fourth-order valence-electron chi connectivity index (χ4n) is 2.90. The molecule has 98 valence electrons. The highest BCUT2D eigenvalue weighted by atomic mass is 19.2. The Kier molecular flexibility index (Phi) is 3.51. The molecular weight excluding hydrogens is 234 g/mol. The van der Waals surface area contributed by atoms with E-state index < -0.39 is 11.6 Å². The van der Waals surface area contributed by atoms with Gasteiger partial charge in [0, 0.05) is 12.3 Å². The molecule has 2 rings (SSSR count). The summed E-state index contributed by atoms with van der Waals surface area (Å²) in [6.07, 6.45) is 3.24. The molecule has 1 unspecified atom stereocenters. The molecule has 18 heavy (non-hydrogen) atoms. The Labute approximate surface area is 106 Å². The van der Waals surface area contributed by atoms with E-state index in [1.807, 2.05) is 0 Å². The van der Waals surface area contributed by atoms with Crippen molar-refractivity contribution in [1.82, 2.24) is 0 Å². The molecule has 0 spiro atoms. The maximum Gasteiger partial charge on any atom is 0.159 e. The van der Waals surface area contributed by atoms with E-state index in [-0.39, 0.29) is 23.5 Å². The summed E-state index contributed by atoms with van der Waals surface area (Å²) in [6.45, 7) is 4.21. The van der Waals surface area contributed by atoms with Crippen molar-refractivity contribution in [3.8, 4) is 0 Å². The number of Topliss-reactive ketones (excluding diaryl/α,β-unsaturated/α-hetero) is 1. The summed E-state index contributed by atoms with van der Waals surface area (Å²) in [4.78, 5) is 12.2. The predicted octanol–water partition coefficient (Wildman–Crippen LogP) is 3.90. The summed E-state index contributed by atoms with van der Waals surface area (Å²) in [7, 11) is 0. The maximum absolute atomic E-state index is 13.1. The number of carbonyl (C=O) groups excluding carboxylic acids is 1. The van der Waals surface area contributed by atoms with Gasteiger partial charge in [-0.25, -0.2) is 8.78 Å². The highest BCUT2D eigenvalue weighted by molar-refractivity contribution is 5.84. The summed E-state index contributed by atoms with van der Waals surface area (Å²) >= 11 is 0. The van der Waals surface area contributed by atoms with Crippen molar-refractivity contribution in [3.05, 3.63) is 35.4 Å². The first-order valence-electron chi connectivity index (χ1n) is 6.37. The number of hydrogen-bond acceptors (Lipinski definition) is 1. The van der Waals surface area contributed by atoms with Crippen LogP contribution in [0.25, 0.3) is 0 Å². The summed E-state index contributed by atoms with van der Waals surface area (Å²) in [5.74, 6) is -1.56. The third-order valence-corrected chi connectivity index (χ3v) is 4.01. The molecule has 1 aromatic carbocycles. The smallest absolute Gasteiger partial charge is 0.159 e. The van der Waals surface area contributed by atoms with Gasteiger partial charge in [-0.15, -0.1) is 0 Å². The molecule has 0 heterocycles. The van der Waals surface area contributed by atoms with Crippen molar-refractivity contribution < 1.29 is 13.6 Å². The number of halogens is 2. The van der Waals surface area contributed by atoms with Crippen LogP contribution >= 0.6 is 0 Å². The zero-order valence-corrected chi connectivity index (χ0v) is 10.8. The third-order valence-electron chi connectivity index (χ3n) is 4.01. The Morgan fingerprint density at radius 2 is 2.06 bits per heavy atom. The van der Waals surface area contributed by atoms with Gasteiger partial charge in [0.2, 0.25) is 0 Å². The first-order valence-corrected chi connectivity index (χ1v) is 6.37. The largest absolute Gasteiger partial charge is 0.299 e. The van der Waals surface area contributed by atoms with Crippen LogP contribution < -0.4 is 0 Å². The zero-order valence-electron chi connectivity index (χ0n) is 10.8. The van der Waals surface area contributed by atoms with E-state index in [1.165, 1.54) is 6.07 Å². The fourth-order valence-corrected chi connectivity index (χ4v) is 2.90. The van der Waals surface area contributed by atoms with Gasteiger partial charge in [-0.1, -0.05) is 26.3 Å². The monoisotopic (exact) mass is 252 g/mol. The summed E-state index contributed by atoms with van der Waals surface area (Å²) < 4.78 is 25.9. The van der Waals surface area contributed by atoms with Crippen LogP contribution in [0.5, 0.6) is 0 Å². The minimum Gasteiger partial charge on any atom is -0.299 e. The molecule has 1 nitrogen and oxygen atoms in total. The standard InChI is InChI=1S/C15H18F2O/c1-15(2)7-3-4-11(15)14(18)9-10-5-6-12(16)13(17)8-10/h5-6,8,11H,3-4,7,9H2,1-2H3. The van der Waals surface area contributed by atoms with Crippen LogP contribution in [0.3, 0.4) is 0 Å². The molecular formula is C15H18F2O. The molecule has 1 aliphatic rings. The highest BCUT2D eigenvalue weighted by Crippen LogP contribution is 2.43. The molecule has 0 N–H and O–H groups in total. The maximum atomic E-state index is 13.1. The van der Waals surface area contributed by atoms with Gasteiger partial charge < -0.3 is 0 Å². The lowest BCUT2D eigenvalue weighted by Gasteiger charge is -2.25. The van der Waals surface area contributed by atoms with Crippen molar-refractivity contribution >= 4 is 5.78 Å². The second-order valence-electron chi connectivity index (χ2n) is 5.82. The first kappa shape index (κ1) is 13.2. The molecule has 0 aromatic heterocycles. The predicted molar refractivity (Wildman–Crippen MR) is 66.2 cm³/mol. The zero-order chi connectivity index (χ0) is 13.3. The van der Waals surface area contributed by atoms with Crippen LogP contribution in [0.1, 0.15) is 38.7 Å². The molecule has 0 bridgehead atoms. The number of hydrogen-bond donors (Lipinski definition) is 0. The van der Waals surface area contributed by atoms with E-state index >= 15 is 0 Å². The topological polar surface area (TPSA) is 17.1 Å². The van der Waals surface area contributed by atoms with E-state index in [2.05, 4.69) is 13.8 Å². The van der Waals surface area contributed by atoms with Gasteiger partial charge in [0.05, 0.1) is 0 Å². The molecule has 1 atom stereocenters. The van der Waals surface area contributed by atoms with Crippen molar-refractivity contribution in [2.24, 2.45) is 11.3 Å². The van der Waals surface area contributed by atoms with Gasteiger partial charge in [-0.05, 0) is 36.0 Å². The average Bonchev–Trinajstić information content (AvgIpc) is 2.63. The molecule has 1 aliphatic carbocycles. The summed E-state index contributed by atoms with van der Waals surface area (Å²) in [5.41, 5.74) is 0.594. The Balaban J connectivity index is 2.09. The lowest BCUT2D eigenvalue weighted by molar-refractivity contribution is -0.124. The number of benzene rings is 1. The van der Waals surface area contributed by atoms with Crippen LogP contribution in [-0.2, 0) is 11.2 Å². The van der Waals surface area contributed by atoms with Gasteiger partial charge in [-0.2, -0.15) is 0 Å². The summed E-state index contributed by atoms with van der Waals surface area (Å²) in [6, 6.07) is 3.69.